The normalized spacial score (nSPS) is 11.9. The van der Waals surface area contributed by atoms with E-state index in [1.165, 1.54) is 14.0 Å². The molecule has 0 spiro atoms. The first-order valence-corrected chi connectivity index (χ1v) is 5.15. The van der Waals surface area contributed by atoms with Crippen molar-refractivity contribution in [1.82, 2.24) is 0 Å². The zero-order valence-corrected chi connectivity index (χ0v) is 9.77. The van der Waals surface area contributed by atoms with Gasteiger partial charge in [-0.25, -0.2) is 4.79 Å². The molecule has 0 aromatic heterocycles. The van der Waals surface area contributed by atoms with Crippen molar-refractivity contribution in [3.05, 3.63) is 29.8 Å². The average Bonchev–Trinajstić information content (AvgIpc) is 2.25. The van der Waals surface area contributed by atoms with Gasteiger partial charge in [0.15, 0.2) is 6.10 Å². The molecule has 92 valence electrons. The van der Waals surface area contributed by atoms with Crippen molar-refractivity contribution in [3.8, 4) is 0 Å². The monoisotopic (exact) mass is 237 g/mol. The van der Waals surface area contributed by atoms with Gasteiger partial charge in [0, 0.05) is 26.1 Å². The molecule has 1 unspecified atom stereocenters. The van der Waals surface area contributed by atoms with Gasteiger partial charge in [-0.05, 0) is 17.7 Å². The summed E-state index contributed by atoms with van der Waals surface area (Å²) in [7, 11) is 1.36. The van der Waals surface area contributed by atoms with E-state index < -0.39 is 12.1 Å². The van der Waals surface area contributed by atoms with Crippen molar-refractivity contribution in [2.75, 3.05) is 12.4 Å². The predicted molar refractivity (Wildman–Crippen MR) is 62.9 cm³/mol. The largest absolute Gasteiger partial charge is 0.479 e. The van der Waals surface area contributed by atoms with Crippen LogP contribution in [0.5, 0.6) is 0 Å². The molecule has 5 nitrogen and oxygen atoms in total. The van der Waals surface area contributed by atoms with Gasteiger partial charge in [-0.2, -0.15) is 0 Å². The van der Waals surface area contributed by atoms with Crippen molar-refractivity contribution in [3.63, 3.8) is 0 Å². The molecular formula is C12H15NO4. The standard InChI is InChI=1S/C12H15NO4/c1-8(14)13-10-5-3-4-9(6-10)7-11(17-2)12(15)16/h3-6,11H,7H2,1-2H3,(H,13,14)(H,15,16). The minimum atomic E-state index is -1.00. The van der Waals surface area contributed by atoms with Crippen LogP contribution in [0.2, 0.25) is 0 Å². The molecule has 0 aliphatic rings. The van der Waals surface area contributed by atoms with Crippen LogP contribution in [-0.2, 0) is 20.7 Å². The van der Waals surface area contributed by atoms with Crippen LogP contribution in [0.25, 0.3) is 0 Å². The molecule has 1 rings (SSSR count). The smallest absolute Gasteiger partial charge is 0.333 e. The van der Waals surface area contributed by atoms with Crippen LogP contribution in [0.3, 0.4) is 0 Å². The minimum absolute atomic E-state index is 0.163. The quantitative estimate of drug-likeness (QED) is 0.809. The highest BCUT2D eigenvalue weighted by atomic mass is 16.5. The summed E-state index contributed by atoms with van der Waals surface area (Å²) >= 11 is 0. The number of carbonyl (C=O) groups excluding carboxylic acids is 1. The highest BCUT2D eigenvalue weighted by Gasteiger charge is 2.16. The van der Waals surface area contributed by atoms with E-state index >= 15 is 0 Å². The number of aliphatic carboxylic acids is 1. The molecule has 17 heavy (non-hydrogen) atoms. The third kappa shape index (κ3) is 4.24. The van der Waals surface area contributed by atoms with Crippen LogP contribution >= 0.6 is 0 Å². The highest BCUT2D eigenvalue weighted by molar-refractivity contribution is 5.88. The highest BCUT2D eigenvalue weighted by Crippen LogP contribution is 2.13. The molecule has 0 heterocycles. The van der Waals surface area contributed by atoms with E-state index in [-0.39, 0.29) is 12.3 Å². The Bertz CT molecular complexity index is 417. The number of methoxy groups -OCH3 is 1. The van der Waals surface area contributed by atoms with Gasteiger partial charge in [-0.3, -0.25) is 4.79 Å². The minimum Gasteiger partial charge on any atom is -0.479 e. The molecule has 0 saturated carbocycles. The van der Waals surface area contributed by atoms with Gasteiger partial charge in [0.25, 0.3) is 0 Å². The molecular weight excluding hydrogens is 222 g/mol. The number of anilines is 1. The lowest BCUT2D eigenvalue weighted by molar-refractivity contribution is -0.148. The van der Waals surface area contributed by atoms with Crippen molar-refractivity contribution in [1.29, 1.82) is 0 Å². The molecule has 0 fully saturated rings. The molecule has 0 radical (unpaired) electrons. The summed E-state index contributed by atoms with van der Waals surface area (Å²) in [5, 5.41) is 11.5. The van der Waals surface area contributed by atoms with E-state index in [9.17, 15) is 9.59 Å². The van der Waals surface area contributed by atoms with Crippen LogP contribution in [0, 0.1) is 0 Å². The number of carboxylic acids is 1. The Labute approximate surface area is 99.4 Å². The van der Waals surface area contributed by atoms with E-state index in [0.29, 0.717) is 5.69 Å². The number of benzene rings is 1. The van der Waals surface area contributed by atoms with Gasteiger partial charge in [0.2, 0.25) is 5.91 Å². The first kappa shape index (κ1) is 13.2. The lowest BCUT2D eigenvalue weighted by Gasteiger charge is -2.11. The Morgan fingerprint density at radius 2 is 2.18 bits per heavy atom. The SMILES string of the molecule is COC(Cc1cccc(NC(C)=O)c1)C(=O)O. The molecule has 1 amide bonds. The van der Waals surface area contributed by atoms with E-state index in [4.69, 9.17) is 9.84 Å². The second-order valence-electron chi connectivity index (χ2n) is 3.65. The lowest BCUT2D eigenvalue weighted by atomic mass is 10.1. The summed E-state index contributed by atoms with van der Waals surface area (Å²) in [6, 6.07) is 7.03. The van der Waals surface area contributed by atoms with Crippen molar-refractivity contribution in [2.45, 2.75) is 19.4 Å². The molecule has 1 atom stereocenters. The third-order valence-electron chi connectivity index (χ3n) is 2.23. The summed E-state index contributed by atoms with van der Waals surface area (Å²) in [5.74, 6) is -1.17. The van der Waals surface area contributed by atoms with Crippen LogP contribution in [0.1, 0.15) is 12.5 Å². The van der Waals surface area contributed by atoms with Crippen molar-refractivity contribution >= 4 is 17.6 Å². The lowest BCUT2D eigenvalue weighted by Crippen LogP contribution is -2.24. The number of amides is 1. The summed E-state index contributed by atoms with van der Waals surface area (Å²) < 4.78 is 4.85. The van der Waals surface area contributed by atoms with Crippen LogP contribution < -0.4 is 5.32 Å². The van der Waals surface area contributed by atoms with Gasteiger partial charge in [0.05, 0.1) is 0 Å². The number of hydrogen-bond donors (Lipinski definition) is 2. The number of ether oxygens (including phenoxy) is 1. The Balaban J connectivity index is 2.77. The van der Waals surface area contributed by atoms with Crippen LogP contribution in [-0.4, -0.2) is 30.2 Å². The Morgan fingerprint density at radius 3 is 2.71 bits per heavy atom. The predicted octanol–water partition coefficient (Wildman–Crippen LogP) is 1.29. The fourth-order valence-corrected chi connectivity index (χ4v) is 1.46. The fraction of sp³-hybridized carbons (Fsp3) is 0.333. The first-order valence-electron chi connectivity index (χ1n) is 5.15. The molecule has 2 N–H and O–H groups in total. The fourth-order valence-electron chi connectivity index (χ4n) is 1.46. The number of hydrogen-bond acceptors (Lipinski definition) is 3. The second-order valence-corrected chi connectivity index (χ2v) is 3.65. The van der Waals surface area contributed by atoms with Gasteiger partial charge < -0.3 is 15.2 Å². The molecule has 5 heteroatoms. The maximum Gasteiger partial charge on any atom is 0.333 e. The van der Waals surface area contributed by atoms with E-state index in [1.54, 1.807) is 24.3 Å². The molecule has 0 saturated heterocycles. The Morgan fingerprint density at radius 1 is 1.47 bits per heavy atom. The summed E-state index contributed by atoms with van der Waals surface area (Å²) in [4.78, 5) is 21.7. The third-order valence-corrected chi connectivity index (χ3v) is 2.23. The number of carbonyl (C=O) groups is 2. The molecule has 0 bridgehead atoms. The maximum absolute atomic E-state index is 10.9. The summed E-state index contributed by atoms with van der Waals surface area (Å²) in [6.45, 7) is 1.42. The van der Waals surface area contributed by atoms with E-state index in [0.717, 1.165) is 5.56 Å². The average molecular weight is 237 g/mol. The number of carboxylic acid groups (broad SMARTS) is 1. The van der Waals surface area contributed by atoms with Crippen LogP contribution in [0.15, 0.2) is 24.3 Å². The van der Waals surface area contributed by atoms with Crippen molar-refractivity contribution in [2.24, 2.45) is 0 Å². The van der Waals surface area contributed by atoms with Gasteiger partial charge in [-0.1, -0.05) is 12.1 Å². The molecule has 0 aliphatic carbocycles. The molecule has 0 aliphatic heterocycles. The van der Waals surface area contributed by atoms with Crippen LogP contribution in [0.4, 0.5) is 5.69 Å². The second kappa shape index (κ2) is 6.00. The number of rotatable bonds is 5. The summed E-state index contributed by atoms with van der Waals surface area (Å²) in [5.41, 5.74) is 1.45. The first-order chi connectivity index (χ1) is 8.02. The topological polar surface area (TPSA) is 75.6 Å². The van der Waals surface area contributed by atoms with Gasteiger partial charge in [-0.15, -0.1) is 0 Å². The maximum atomic E-state index is 10.9. The van der Waals surface area contributed by atoms with Gasteiger partial charge >= 0.3 is 5.97 Å². The summed E-state index contributed by atoms with van der Waals surface area (Å²) in [6.07, 6.45) is -0.609. The molecule has 1 aromatic rings. The zero-order chi connectivity index (χ0) is 12.8. The van der Waals surface area contributed by atoms with E-state index in [2.05, 4.69) is 5.32 Å². The number of nitrogens with one attached hydrogen (secondary N) is 1. The molecule has 1 aromatic carbocycles. The Kier molecular flexibility index (Phi) is 4.66. The van der Waals surface area contributed by atoms with E-state index in [1.807, 2.05) is 0 Å². The Hall–Kier alpha value is -1.88. The van der Waals surface area contributed by atoms with Gasteiger partial charge in [0.1, 0.15) is 0 Å². The van der Waals surface area contributed by atoms with Crippen molar-refractivity contribution < 1.29 is 19.4 Å². The zero-order valence-electron chi connectivity index (χ0n) is 9.77.